The molecular weight excluding hydrogens is 152 g/mol. The van der Waals surface area contributed by atoms with Crippen molar-refractivity contribution in [1.29, 1.82) is 0 Å². The number of aliphatic carboxylic acids is 1. The van der Waals surface area contributed by atoms with Gasteiger partial charge >= 0.3 is 5.97 Å². The van der Waals surface area contributed by atoms with Crippen molar-refractivity contribution in [3.63, 3.8) is 0 Å². The Kier molecular flexibility index (Phi) is 1.86. The highest BCUT2D eigenvalue weighted by Gasteiger charge is 2.21. The van der Waals surface area contributed by atoms with E-state index in [9.17, 15) is 4.79 Å². The Morgan fingerprint density at radius 1 is 1.73 bits per heavy atom. The van der Waals surface area contributed by atoms with Crippen molar-refractivity contribution in [2.24, 2.45) is 0 Å². The molecule has 0 saturated heterocycles. The van der Waals surface area contributed by atoms with Crippen LogP contribution < -0.4 is 0 Å². The van der Waals surface area contributed by atoms with Gasteiger partial charge in [0.15, 0.2) is 0 Å². The number of aliphatic hydroxyl groups excluding tert-OH is 1. The van der Waals surface area contributed by atoms with E-state index in [2.05, 4.69) is 14.7 Å². The van der Waals surface area contributed by atoms with E-state index in [-0.39, 0.29) is 11.7 Å². The summed E-state index contributed by atoms with van der Waals surface area (Å²) in [6.07, 6.45) is -1.70. The van der Waals surface area contributed by atoms with Crippen LogP contribution in [-0.4, -0.2) is 26.3 Å². The standard InChI is InChI=1S/C5H6N2O4/c1-2-6-4(7-11-2)3(8)5(9)10/h3,8H,1H3,(H,9,10). The molecule has 1 aromatic heterocycles. The number of carboxylic acid groups (broad SMARTS) is 1. The summed E-state index contributed by atoms with van der Waals surface area (Å²) < 4.78 is 4.45. The molecule has 60 valence electrons. The molecule has 1 atom stereocenters. The normalized spacial score (nSPS) is 12.9. The summed E-state index contributed by atoms with van der Waals surface area (Å²) in [4.78, 5) is 13.7. The molecule has 1 unspecified atom stereocenters. The Bertz CT molecular complexity index is 269. The van der Waals surface area contributed by atoms with Crippen molar-refractivity contribution in [3.05, 3.63) is 11.7 Å². The SMILES string of the molecule is Cc1nc(C(O)C(=O)O)no1. The third kappa shape index (κ3) is 1.53. The molecule has 6 nitrogen and oxygen atoms in total. The molecular formula is C5H6N2O4. The number of nitrogens with zero attached hydrogens (tertiary/aromatic N) is 2. The highest BCUT2D eigenvalue weighted by atomic mass is 16.5. The minimum absolute atomic E-state index is 0.223. The molecule has 1 rings (SSSR count). The maximum Gasteiger partial charge on any atom is 0.340 e. The van der Waals surface area contributed by atoms with E-state index >= 15 is 0 Å². The van der Waals surface area contributed by atoms with Crippen molar-refractivity contribution in [3.8, 4) is 0 Å². The smallest absolute Gasteiger partial charge is 0.340 e. The van der Waals surface area contributed by atoms with Crippen LogP contribution in [0.4, 0.5) is 0 Å². The molecule has 0 saturated carbocycles. The van der Waals surface area contributed by atoms with Crippen molar-refractivity contribution in [2.45, 2.75) is 13.0 Å². The molecule has 1 aromatic rings. The van der Waals surface area contributed by atoms with Gasteiger partial charge in [-0.05, 0) is 0 Å². The lowest BCUT2D eigenvalue weighted by atomic mass is 10.3. The summed E-state index contributed by atoms with van der Waals surface area (Å²) in [5.74, 6) is -1.40. The minimum atomic E-state index is -1.70. The van der Waals surface area contributed by atoms with Gasteiger partial charge < -0.3 is 14.7 Å². The molecule has 0 fully saturated rings. The second kappa shape index (κ2) is 2.67. The predicted octanol–water partition coefficient (Wildman–Crippen LogP) is -0.504. The van der Waals surface area contributed by atoms with Crippen molar-refractivity contribution < 1.29 is 19.5 Å². The molecule has 0 spiro atoms. The maximum absolute atomic E-state index is 10.1. The lowest BCUT2D eigenvalue weighted by Gasteiger charge is -1.95. The Labute approximate surface area is 61.5 Å². The number of aryl methyl sites for hydroxylation is 1. The number of hydrogen-bond donors (Lipinski definition) is 2. The number of aliphatic hydroxyl groups is 1. The Morgan fingerprint density at radius 2 is 2.36 bits per heavy atom. The third-order valence-corrected chi connectivity index (χ3v) is 1.02. The number of carboxylic acids is 1. The molecule has 0 aliphatic heterocycles. The Hall–Kier alpha value is -1.43. The molecule has 0 amide bonds. The summed E-state index contributed by atoms with van der Waals surface area (Å²) in [5, 5.41) is 20.3. The molecule has 0 radical (unpaired) electrons. The minimum Gasteiger partial charge on any atom is -0.479 e. The number of carbonyl (C=O) groups is 1. The van der Waals surface area contributed by atoms with Gasteiger partial charge in [-0.25, -0.2) is 4.79 Å². The zero-order chi connectivity index (χ0) is 8.43. The van der Waals surface area contributed by atoms with Crippen LogP contribution in [0, 0.1) is 6.92 Å². The van der Waals surface area contributed by atoms with Gasteiger partial charge in [-0.15, -0.1) is 0 Å². The summed E-state index contributed by atoms with van der Waals surface area (Å²) in [7, 11) is 0. The molecule has 0 aromatic carbocycles. The van der Waals surface area contributed by atoms with E-state index in [1.54, 1.807) is 0 Å². The molecule has 1 heterocycles. The van der Waals surface area contributed by atoms with Crippen LogP contribution in [0.5, 0.6) is 0 Å². The van der Waals surface area contributed by atoms with Crippen molar-refractivity contribution >= 4 is 5.97 Å². The van der Waals surface area contributed by atoms with Gasteiger partial charge in [0.25, 0.3) is 0 Å². The first-order valence-electron chi connectivity index (χ1n) is 2.82. The molecule has 6 heteroatoms. The van der Waals surface area contributed by atoms with Crippen LogP contribution in [0.3, 0.4) is 0 Å². The molecule has 0 aliphatic rings. The van der Waals surface area contributed by atoms with E-state index in [0.29, 0.717) is 0 Å². The largest absolute Gasteiger partial charge is 0.479 e. The fourth-order valence-corrected chi connectivity index (χ4v) is 0.536. The summed E-state index contributed by atoms with van der Waals surface area (Å²) >= 11 is 0. The predicted molar refractivity (Wildman–Crippen MR) is 31.6 cm³/mol. The highest BCUT2D eigenvalue weighted by Crippen LogP contribution is 2.07. The number of rotatable bonds is 2. The van der Waals surface area contributed by atoms with Gasteiger partial charge in [0.2, 0.25) is 17.8 Å². The van der Waals surface area contributed by atoms with E-state index in [1.807, 2.05) is 0 Å². The lowest BCUT2D eigenvalue weighted by molar-refractivity contribution is -0.147. The van der Waals surface area contributed by atoms with Crippen LogP contribution in [0.1, 0.15) is 17.8 Å². The average molecular weight is 158 g/mol. The molecule has 11 heavy (non-hydrogen) atoms. The van der Waals surface area contributed by atoms with Crippen molar-refractivity contribution in [2.75, 3.05) is 0 Å². The fraction of sp³-hybridized carbons (Fsp3) is 0.400. The maximum atomic E-state index is 10.1. The zero-order valence-corrected chi connectivity index (χ0v) is 5.68. The number of aromatic nitrogens is 2. The average Bonchev–Trinajstić information content (AvgIpc) is 2.34. The van der Waals surface area contributed by atoms with Crippen molar-refractivity contribution in [1.82, 2.24) is 10.1 Å². The molecule has 0 aliphatic carbocycles. The summed E-state index contributed by atoms with van der Waals surface area (Å²) in [6.45, 7) is 1.51. The van der Waals surface area contributed by atoms with Gasteiger partial charge in [0, 0.05) is 6.92 Å². The van der Waals surface area contributed by atoms with Gasteiger partial charge in [-0.1, -0.05) is 5.16 Å². The second-order valence-electron chi connectivity index (χ2n) is 1.91. The topological polar surface area (TPSA) is 96.5 Å². The Morgan fingerprint density at radius 3 is 2.73 bits per heavy atom. The first-order chi connectivity index (χ1) is 5.11. The van der Waals surface area contributed by atoms with Crippen LogP contribution in [0.2, 0.25) is 0 Å². The van der Waals surface area contributed by atoms with E-state index in [1.165, 1.54) is 6.92 Å². The third-order valence-electron chi connectivity index (χ3n) is 1.02. The van der Waals surface area contributed by atoms with Crippen LogP contribution in [0.25, 0.3) is 0 Å². The quantitative estimate of drug-likeness (QED) is 0.602. The highest BCUT2D eigenvalue weighted by molar-refractivity contribution is 5.72. The van der Waals surface area contributed by atoms with Gasteiger partial charge in [0.05, 0.1) is 0 Å². The monoisotopic (exact) mass is 158 g/mol. The van der Waals surface area contributed by atoms with Gasteiger partial charge in [-0.2, -0.15) is 4.98 Å². The Balaban J connectivity index is 2.84. The second-order valence-corrected chi connectivity index (χ2v) is 1.91. The van der Waals surface area contributed by atoms with Gasteiger partial charge in [-0.3, -0.25) is 0 Å². The van der Waals surface area contributed by atoms with Crippen LogP contribution >= 0.6 is 0 Å². The first-order valence-corrected chi connectivity index (χ1v) is 2.82. The first kappa shape index (κ1) is 7.67. The zero-order valence-electron chi connectivity index (χ0n) is 5.68. The van der Waals surface area contributed by atoms with E-state index in [0.717, 1.165) is 0 Å². The molecule has 2 N–H and O–H groups in total. The van der Waals surface area contributed by atoms with E-state index in [4.69, 9.17) is 10.2 Å². The lowest BCUT2D eigenvalue weighted by Crippen LogP contribution is -2.11. The summed E-state index contributed by atoms with van der Waals surface area (Å²) in [6, 6.07) is 0. The number of hydrogen-bond acceptors (Lipinski definition) is 5. The van der Waals surface area contributed by atoms with Gasteiger partial charge in [0.1, 0.15) is 0 Å². The van der Waals surface area contributed by atoms with Crippen LogP contribution in [0.15, 0.2) is 4.52 Å². The fourth-order valence-electron chi connectivity index (χ4n) is 0.536. The summed E-state index contributed by atoms with van der Waals surface area (Å²) in [5.41, 5.74) is 0. The van der Waals surface area contributed by atoms with E-state index < -0.39 is 12.1 Å². The molecule has 0 bridgehead atoms. The van der Waals surface area contributed by atoms with Crippen LogP contribution in [-0.2, 0) is 4.79 Å².